The molecule has 0 radical (unpaired) electrons. The van der Waals surface area contributed by atoms with Crippen molar-refractivity contribution in [1.29, 1.82) is 0 Å². The van der Waals surface area contributed by atoms with Crippen molar-refractivity contribution in [2.24, 2.45) is 0 Å². The molecule has 0 bridgehead atoms. The number of likely N-dealkylation sites (N-methyl/N-ethyl adjacent to an activating group) is 1. The van der Waals surface area contributed by atoms with Gasteiger partial charge in [0.1, 0.15) is 0 Å². The molecule has 1 unspecified atom stereocenters. The van der Waals surface area contributed by atoms with Crippen molar-refractivity contribution in [1.82, 2.24) is 16.0 Å². The Labute approximate surface area is 92.3 Å². The molecule has 0 aromatic carbocycles. The maximum atomic E-state index is 11.1. The third kappa shape index (κ3) is 5.81. The summed E-state index contributed by atoms with van der Waals surface area (Å²) in [5.41, 5.74) is 0. The van der Waals surface area contributed by atoms with Crippen LogP contribution in [0.3, 0.4) is 0 Å². The normalized spacial score (nSPS) is 11.4. The number of hydrogen-bond donors (Lipinski definition) is 4. The van der Waals surface area contributed by atoms with Gasteiger partial charge >= 0.3 is 12.0 Å². The number of ether oxygens (including phenoxy) is 1. The number of rotatable bonds is 6. The average molecular weight is 233 g/mol. The molecule has 0 aliphatic rings. The molecule has 3 amide bonds. The van der Waals surface area contributed by atoms with Gasteiger partial charge in [-0.15, -0.1) is 0 Å². The van der Waals surface area contributed by atoms with Gasteiger partial charge in [-0.05, 0) is 0 Å². The van der Waals surface area contributed by atoms with E-state index in [2.05, 4.69) is 20.7 Å². The summed E-state index contributed by atoms with van der Waals surface area (Å²) in [7, 11) is 2.66. The highest BCUT2D eigenvalue weighted by molar-refractivity contribution is 5.84. The molecular weight excluding hydrogens is 218 g/mol. The second-order valence-electron chi connectivity index (χ2n) is 2.80. The van der Waals surface area contributed by atoms with Crippen LogP contribution >= 0.6 is 0 Å². The fourth-order valence-corrected chi connectivity index (χ4v) is 0.768. The number of carboxylic acids is 1. The number of aliphatic carboxylic acids is 1. The molecule has 0 aromatic heterocycles. The standard InChI is InChI=1S/C8H15N3O5/c1-9-6(12)4-11-8(15)10-3-5(16-2)7(13)14/h5H,3-4H2,1-2H3,(H,9,12)(H,13,14)(H2,10,11,15). The molecule has 1 atom stereocenters. The predicted octanol–water partition coefficient (Wildman–Crippen LogP) is -1.87. The highest BCUT2D eigenvalue weighted by Gasteiger charge is 2.16. The zero-order valence-corrected chi connectivity index (χ0v) is 9.07. The Balaban J connectivity index is 3.80. The summed E-state index contributed by atoms with van der Waals surface area (Å²) in [6.45, 7) is -0.349. The number of carbonyl (C=O) groups is 3. The predicted molar refractivity (Wildman–Crippen MR) is 53.9 cm³/mol. The Morgan fingerprint density at radius 2 is 1.94 bits per heavy atom. The summed E-state index contributed by atoms with van der Waals surface area (Å²) in [6.07, 6.45) is -1.11. The van der Waals surface area contributed by atoms with E-state index in [1.54, 1.807) is 0 Å². The lowest BCUT2D eigenvalue weighted by Crippen LogP contribution is -2.45. The van der Waals surface area contributed by atoms with E-state index in [1.165, 1.54) is 14.2 Å². The number of hydrogen-bond acceptors (Lipinski definition) is 4. The van der Waals surface area contributed by atoms with Gasteiger partial charge < -0.3 is 25.8 Å². The van der Waals surface area contributed by atoms with E-state index in [0.29, 0.717) is 0 Å². The van der Waals surface area contributed by atoms with Gasteiger partial charge in [-0.25, -0.2) is 9.59 Å². The molecule has 0 aliphatic heterocycles. The number of nitrogens with one attached hydrogen (secondary N) is 3. The Kier molecular flexibility index (Phi) is 6.61. The average Bonchev–Trinajstić information content (AvgIpc) is 2.26. The SMILES string of the molecule is CNC(=O)CNC(=O)NCC(OC)C(=O)O. The van der Waals surface area contributed by atoms with Crippen molar-refractivity contribution in [2.75, 3.05) is 27.2 Å². The van der Waals surface area contributed by atoms with Crippen LogP contribution in [0.1, 0.15) is 0 Å². The van der Waals surface area contributed by atoms with Gasteiger partial charge in [0.05, 0.1) is 13.1 Å². The van der Waals surface area contributed by atoms with Crippen molar-refractivity contribution in [3.63, 3.8) is 0 Å². The first-order valence-electron chi connectivity index (χ1n) is 4.49. The van der Waals surface area contributed by atoms with Gasteiger partial charge in [-0.3, -0.25) is 4.79 Å². The zero-order chi connectivity index (χ0) is 12.6. The van der Waals surface area contributed by atoms with Gasteiger partial charge in [0.2, 0.25) is 5.91 Å². The Morgan fingerprint density at radius 1 is 1.31 bits per heavy atom. The minimum Gasteiger partial charge on any atom is -0.479 e. The van der Waals surface area contributed by atoms with Crippen molar-refractivity contribution < 1.29 is 24.2 Å². The molecule has 4 N–H and O–H groups in total. The quantitative estimate of drug-likeness (QED) is 0.429. The van der Waals surface area contributed by atoms with E-state index in [4.69, 9.17) is 5.11 Å². The van der Waals surface area contributed by atoms with Crippen LogP contribution in [0.25, 0.3) is 0 Å². The molecule has 0 spiro atoms. The van der Waals surface area contributed by atoms with Gasteiger partial charge in [-0.2, -0.15) is 0 Å². The van der Waals surface area contributed by atoms with Crippen LogP contribution in [0.4, 0.5) is 4.79 Å². The second kappa shape index (κ2) is 7.46. The van der Waals surface area contributed by atoms with E-state index in [9.17, 15) is 14.4 Å². The molecule has 0 fully saturated rings. The second-order valence-corrected chi connectivity index (χ2v) is 2.80. The van der Waals surface area contributed by atoms with Crippen LogP contribution in [-0.4, -0.2) is 56.4 Å². The van der Waals surface area contributed by atoms with Gasteiger partial charge in [0, 0.05) is 14.2 Å². The summed E-state index contributed by atoms with van der Waals surface area (Å²) in [6, 6.07) is -0.632. The molecule has 8 nitrogen and oxygen atoms in total. The number of carbonyl (C=O) groups excluding carboxylic acids is 2. The maximum absolute atomic E-state index is 11.1. The van der Waals surface area contributed by atoms with Gasteiger partial charge in [-0.1, -0.05) is 0 Å². The lowest BCUT2D eigenvalue weighted by atomic mass is 10.3. The molecule has 0 saturated heterocycles. The molecule has 0 aliphatic carbocycles. The van der Waals surface area contributed by atoms with Crippen molar-refractivity contribution >= 4 is 17.9 Å². The molecular formula is C8H15N3O5. The third-order valence-electron chi connectivity index (χ3n) is 1.70. The number of carboxylic acid groups (broad SMARTS) is 1. The fraction of sp³-hybridized carbons (Fsp3) is 0.625. The summed E-state index contributed by atoms with van der Waals surface area (Å²) < 4.78 is 4.59. The minimum atomic E-state index is -1.17. The molecule has 0 rings (SSSR count). The molecule has 0 saturated carbocycles. The topological polar surface area (TPSA) is 117 Å². The summed E-state index contributed by atoms with van der Waals surface area (Å²) in [4.78, 5) is 32.3. The summed E-state index contributed by atoms with van der Waals surface area (Å²) in [5, 5.41) is 15.4. The van der Waals surface area contributed by atoms with Crippen molar-refractivity contribution in [3.8, 4) is 0 Å². The Morgan fingerprint density at radius 3 is 2.38 bits per heavy atom. The van der Waals surface area contributed by atoms with Crippen LogP contribution in [0.15, 0.2) is 0 Å². The van der Waals surface area contributed by atoms with E-state index in [-0.39, 0.29) is 19.0 Å². The molecule has 92 valence electrons. The molecule has 8 heteroatoms. The van der Waals surface area contributed by atoms with Crippen molar-refractivity contribution in [2.45, 2.75) is 6.10 Å². The van der Waals surface area contributed by atoms with E-state index in [0.717, 1.165) is 0 Å². The van der Waals surface area contributed by atoms with Crippen LogP contribution in [0.5, 0.6) is 0 Å². The van der Waals surface area contributed by atoms with Crippen LogP contribution in [0, 0.1) is 0 Å². The number of urea groups is 1. The molecule has 0 aromatic rings. The highest BCUT2D eigenvalue weighted by Crippen LogP contribution is 1.87. The summed E-state index contributed by atoms with van der Waals surface area (Å²) >= 11 is 0. The zero-order valence-electron chi connectivity index (χ0n) is 9.07. The summed E-state index contributed by atoms with van der Waals surface area (Å²) in [5.74, 6) is -1.52. The lowest BCUT2D eigenvalue weighted by molar-refractivity contribution is -0.148. The van der Waals surface area contributed by atoms with E-state index >= 15 is 0 Å². The Hall–Kier alpha value is -1.83. The number of methoxy groups -OCH3 is 1. The lowest BCUT2D eigenvalue weighted by Gasteiger charge is -2.11. The first-order valence-corrected chi connectivity index (χ1v) is 4.49. The largest absolute Gasteiger partial charge is 0.479 e. The van der Waals surface area contributed by atoms with Crippen LogP contribution in [-0.2, 0) is 14.3 Å². The molecule has 0 heterocycles. The maximum Gasteiger partial charge on any atom is 0.334 e. The third-order valence-corrected chi connectivity index (χ3v) is 1.70. The minimum absolute atomic E-state index is 0.174. The van der Waals surface area contributed by atoms with Crippen LogP contribution < -0.4 is 16.0 Å². The van der Waals surface area contributed by atoms with E-state index in [1.807, 2.05) is 0 Å². The number of amides is 3. The smallest absolute Gasteiger partial charge is 0.334 e. The first-order chi connectivity index (χ1) is 7.51. The Bertz CT molecular complexity index is 268. The van der Waals surface area contributed by atoms with E-state index < -0.39 is 18.1 Å². The monoisotopic (exact) mass is 233 g/mol. The van der Waals surface area contributed by atoms with Gasteiger partial charge in [0.15, 0.2) is 6.10 Å². The fourth-order valence-electron chi connectivity index (χ4n) is 0.768. The van der Waals surface area contributed by atoms with Crippen molar-refractivity contribution in [3.05, 3.63) is 0 Å². The van der Waals surface area contributed by atoms with Crippen LogP contribution in [0.2, 0.25) is 0 Å². The highest BCUT2D eigenvalue weighted by atomic mass is 16.5. The first kappa shape index (κ1) is 14.2. The molecule has 16 heavy (non-hydrogen) atoms. The van der Waals surface area contributed by atoms with Gasteiger partial charge in [0.25, 0.3) is 0 Å².